The van der Waals surface area contributed by atoms with Gasteiger partial charge in [0.1, 0.15) is 0 Å². The number of halogens is 1. The topological polar surface area (TPSA) is 37.4 Å². The molecule has 1 spiro atoms. The Morgan fingerprint density at radius 3 is 2.18 bits per heavy atom. The lowest BCUT2D eigenvalue weighted by atomic mass is 9.85. The van der Waals surface area contributed by atoms with E-state index in [4.69, 9.17) is 0 Å². The van der Waals surface area contributed by atoms with E-state index < -0.39 is 0 Å². The van der Waals surface area contributed by atoms with Gasteiger partial charge >= 0.3 is 0 Å². The minimum absolute atomic E-state index is 0.00822. The van der Waals surface area contributed by atoms with E-state index in [2.05, 4.69) is 28.1 Å². The monoisotopic (exact) mass is 357 g/mol. The van der Waals surface area contributed by atoms with Crippen molar-refractivity contribution in [3.63, 3.8) is 0 Å². The van der Waals surface area contributed by atoms with Crippen LogP contribution in [0.5, 0.6) is 0 Å². The van der Waals surface area contributed by atoms with E-state index >= 15 is 0 Å². The van der Waals surface area contributed by atoms with Crippen molar-refractivity contribution in [3.05, 3.63) is 40.4 Å². The lowest BCUT2D eigenvalue weighted by molar-refractivity contribution is -0.123. The van der Waals surface area contributed by atoms with Gasteiger partial charge in [-0.1, -0.05) is 34.1 Å². The van der Waals surface area contributed by atoms with E-state index in [1.54, 1.807) is 0 Å². The molecule has 0 unspecified atom stereocenters. The number of aryl methyl sites for hydroxylation is 1. The Kier molecular flexibility index (Phi) is 2.32. The second kappa shape index (κ2) is 3.91. The number of hydrogen-bond acceptors (Lipinski definition) is 2. The van der Waals surface area contributed by atoms with E-state index in [9.17, 15) is 9.59 Å². The lowest BCUT2D eigenvalue weighted by Gasteiger charge is -2.22. The zero-order valence-electron chi connectivity index (χ0n) is 12.3. The maximum absolute atomic E-state index is 13.0. The molecule has 22 heavy (non-hydrogen) atoms. The number of rotatable bonds is 1. The SMILES string of the molecule is Cc1ccc(N2C(=O)[C@@H]3[C@H](C2=O)[C@H]2C=C[C@H]3C23CC3)cc1Br. The van der Waals surface area contributed by atoms with Gasteiger partial charge in [0.15, 0.2) is 0 Å². The van der Waals surface area contributed by atoms with Gasteiger partial charge in [-0.25, -0.2) is 4.90 Å². The summed E-state index contributed by atoms with van der Waals surface area (Å²) in [6.45, 7) is 2.00. The molecule has 3 aliphatic carbocycles. The highest BCUT2D eigenvalue weighted by Crippen LogP contribution is 2.73. The first-order valence-corrected chi connectivity index (χ1v) is 8.66. The summed E-state index contributed by atoms with van der Waals surface area (Å²) in [7, 11) is 0. The van der Waals surface area contributed by atoms with Crippen LogP contribution in [0.1, 0.15) is 18.4 Å². The van der Waals surface area contributed by atoms with Gasteiger partial charge in [0, 0.05) is 4.47 Å². The molecular formula is C18H16BrNO2. The normalized spacial score (nSPS) is 36.5. The molecule has 2 bridgehead atoms. The molecule has 0 N–H and O–H groups in total. The van der Waals surface area contributed by atoms with Crippen LogP contribution in [-0.2, 0) is 9.59 Å². The molecule has 2 amide bonds. The first-order valence-electron chi connectivity index (χ1n) is 7.87. The van der Waals surface area contributed by atoms with Crippen LogP contribution in [-0.4, -0.2) is 11.8 Å². The molecule has 2 saturated carbocycles. The van der Waals surface area contributed by atoms with E-state index in [-0.39, 0.29) is 40.9 Å². The largest absolute Gasteiger partial charge is 0.274 e. The fourth-order valence-electron chi connectivity index (χ4n) is 5.05. The van der Waals surface area contributed by atoms with Crippen LogP contribution < -0.4 is 4.90 Å². The molecule has 1 aliphatic heterocycles. The van der Waals surface area contributed by atoms with Crippen LogP contribution in [0.2, 0.25) is 0 Å². The maximum atomic E-state index is 13.0. The molecule has 0 radical (unpaired) electrons. The van der Waals surface area contributed by atoms with Crippen molar-refractivity contribution in [2.75, 3.05) is 4.90 Å². The lowest BCUT2D eigenvalue weighted by Crippen LogP contribution is -2.34. The molecule has 5 rings (SSSR count). The second-order valence-electron chi connectivity index (χ2n) is 7.17. The molecule has 3 nitrogen and oxygen atoms in total. The van der Waals surface area contributed by atoms with Crippen LogP contribution >= 0.6 is 15.9 Å². The Morgan fingerprint density at radius 1 is 1.09 bits per heavy atom. The van der Waals surface area contributed by atoms with Crippen molar-refractivity contribution in [2.45, 2.75) is 19.8 Å². The average Bonchev–Trinajstić information content (AvgIpc) is 3.08. The number of fused-ring (bicyclic) bond motifs is 3. The predicted octanol–water partition coefficient (Wildman–Crippen LogP) is 3.46. The third kappa shape index (κ3) is 1.34. The maximum Gasteiger partial charge on any atom is 0.238 e. The number of anilines is 1. The van der Waals surface area contributed by atoms with Gasteiger partial charge in [-0.2, -0.15) is 0 Å². The highest BCUT2D eigenvalue weighted by molar-refractivity contribution is 9.10. The Morgan fingerprint density at radius 2 is 1.68 bits per heavy atom. The highest BCUT2D eigenvalue weighted by atomic mass is 79.9. The fraction of sp³-hybridized carbons (Fsp3) is 0.444. The van der Waals surface area contributed by atoms with Crippen molar-refractivity contribution in [1.82, 2.24) is 0 Å². The van der Waals surface area contributed by atoms with Crippen LogP contribution in [0.15, 0.2) is 34.8 Å². The molecule has 4 atom stereocenters. The Balaban J connectivity index is 1.57. The van der Waals surface area contributed by atoms with Gasteiger partial charge in [-0.3, -0.25) is 9.59 Å². The molecule has 1 aromatic carbocycles. The number of hydrogen-bond donors (Lipinski definition) is 0. The van der Waals surface area contributed by atoms with Crippen LogP contribution in [0, 0.1) is 36.0 Å². The number of allylic oxidation sites excluding steroid dienone is 2. The number of nitrogens with zero attached hydrogens (tertiary/aromatic N) is 1. The standard InChI is InChI=1S/C18H16BrNO2/c1-9-2-3-10(8-13(9)19)20-16(21)14-11-4-5-12(15(14)17(20)22)18(11)6-7-18/h2-5,8,11-12,14-15H,6-7H2,1H3/t11-,12-,14-,15+/m1/s1. The van der Waals surface area contributed by atoms with Crippen LogP contribution in [0.25, 0.3) is 0 Å². The highest BCUT2D eigenvalue weighted by Gasteiger charge is 2.73. The minimum atomic E-state index is -0.120. The quantitative estimate of drug-likeness (QED) is 0.570. The van der Waals surface area contributed by atoms with E-state index in [1.807, 2.05) is 25.1 Å². The average molecular weight is 358 g/mol. The van der Waals surface area contributed by atoms with E-state index in [0.717, 1.165) is 10.0 Å². The van der Waals surface area contributed by atoms with Crippen LogP contribution in [0.4, 0.5) is 5.69 Å². The summed E-state index contributed by atoms with van der Waals surface area (Å²) in [6.07, 6.45) is 6.77. The zero-order valence-corrected chi connectivity index (χ0v) is 13.8. The van der Waals surface area contributed by atoms with Crippen LogP contribution in [0.3, 0.4) is 0 Å². The number of amides is 2. The molecule has 0 aromatic heterocycles. The zero-order chi connectivity index (χ0) is 15.2. The Bertz CT molecular complexity index is 730. The van der Waals surface area contributed by atoms with E-state index in [1.165, 1.54) is 17.7 Å². The van der Waals surface area contributed by atoms with Crippen molar-refractivity contribution in [2.24, 2.45) is 29.1 Å². The smallest absolute Gasteiger partial charge is 0.238 e. The van der Waals surface area contributed by atoms with Gasteiger partial charge in [0.25, 0.3) is 0 Å². The first-order chi connectivity index (χ1) is 10.5. The summed E-state index contributed by atoms with van der Waals surface area (Å²) in [6, 6.07) is 5.71. The fourth-order valence-corrected chi connectivity index (χ4v) is 5.42. The molecule has 3 fully saturated rings. The van der Waals surface area contributed by atoms with Gasteiger partial charge in [-0.15, -0.1) is 0 Å². The minimum Gasteiger partial charge on any atom is -0.274 e. The summed E-state index contributed by atoms with van der Waals surface area (Å²) in [5.41, 5.74) is 2.06. The number of benzene rings is 1. The summed E-state index contributed by atoms with van der Waals surface area (Å²) in [4.78, 5) is 27.3. The van der Waals surface area contributed by atoms with Crippen molar-refractivity contribution < 1.29 is 9.59 Å². The number of carbonyl (C=O) groups excluding carboxylic acids is 2. The Labute approximate surface area is 137 Å². The Hall–Kier alpha value is -1.42. The first kappa shape index (κ1) is 13.1. The summed E-state index contributed by atoms with van der Waals surface area (Å²) in [5.74, 6) is 0.355. The summed E-state index contributed by atoms with van der Waals surface area (Å²) in [5, 5.41) is 0. The molecule has 1 aromatic rings. The summed E-state index contributed by atoms with van der Waals surface area (Å²) >= 11 is 3.50. The predicted molar refractivity (Wildman–Crippen MR) is 86.1 cm³/mol. The second-order valence-corrected chi connectivity index (χ2v) is 8.02. The van der Waals surface area contributed by atoms with Gasteiger partial charge in [-0.05, 0) is 54.7 Å². The molecule has 112 valence electrons. The van der Waals surface area contributed by atoms with Crippen molar-refractivity contribution in [3.8, 4) is 0 Å². The van der Waals surface area contributed by atoms with Gasteiger partial charge in [0.2, 0.25) is 11.8 Å². The van der Waals surface area contributed by atoms with Crippen molar-refractivity contribution >= 4 is 33.4 Å². The summed E-state index contributed by atoms with van der Waals surface area (Å²) < 4.78 is 0.933. The van der Waals surface area contributed by atoms with E-state index in [0.29, 0.717) is 5.69 Å². The molecule has 4 heteroatoms. The number of carbonyl (C=O) groups is 2. The third-order valence-electron chi connectivity index (χ3n) is 6.27. The molecule has 4 aliphatic rings. The third-order valence-corrected chi connectivity index (χ3v) is 7.12. The molecular weight excluding hydrogens is 342 g/mol. The molecule has 1 heterocycles. The number of imide groups is 1. The van der Waals surface area contributed by atoms with Gasteiger partial charge in [0.05, 0.1) is 17.5 Å². The van der Waals surface area contributed by atoms with Crippen molar-refractivity contribution in [1.29, 1.82) is 0 Å². The van der Waals surface area contributed by atoms with Gasteiger partial charge < -0.3 is 0 Å². The molecule has 1 saturated heterocycles.